The minimum absolute atomic E-state index is 0.0560. The Morgan fingerprint density at radius 3 is 2.83 bits per heavy atom. The second-order valence-electron chi connectivity index (χ2n) is 5.16. The topological polar surface area (TPSA) is 45.2 Å². The van der Waals surface area contributed by atoms with Gasteiger partial charge in [-0.2, -0.15) is 0 Å². The van der Waals surface area contributed by atoms with Gasteiger partial charge in [-0.25, -0.2) is 0 Å². The summed E-state index contributed by atoms with van der Waals surface area (Å²) in [5.74, 6) is 0.727. The van der Waals surface area contributed by atoms with Crippen LogP contribution in [-0.4, -0.2) is 36.4 Å². The molecule has 1 saturated carbocycles. The van der Waals surface area contributed by atoms with Crippen molar-refractivity contribution in [3.8, 4) is 0 Å². The summed E-state index contributed by atoms with van der Waals surface area (Å²) in [6.07, 6.45) is 7.04. The van der Waals surface area contributed by atoms with Gasteiger partial charge >= 0.3 is 0 Å². The summed E-state index contributed by atoms with van der Waals surface area (Å²) >= 11 is 0. The van der Waals surface area contributed by atoms with E-state index in [0.29, 0.717) is 5.69 Å². The number of aromatic nitrogens is 1. The van der Waals surface area contributed by atoms with Gasteiger partial charge in [0, 0.05) is 32.5 Å². The molecule has 4 nitrogen and oxygen atoms in total. The van der Waals surface area contributed by atoms with Gasteiger partial charge in [0.2, 0.25) is 0 Å². The number of rotatable bonds is 4. The highest BCUT2D eigenvalue weighted by molar-refractivity contribution is 5.92. The molecule has 0 spiro atoms. The number of pyridine rings is 1. The number of carbonyl (C=O) groups is 1. The van der Waals surface area contributed by atoms with Crippen LogP contribution in [0, 0.1) is 5.92 Å². The number of nitrogens with zero attached hydrogens (tertiary/aromatic N) is 2. The van der Waals surface area contributed by atoms with Crippen molar-refractivity contribution in [1.29, 1.82) is 0 Å². The van der Waals surface area contributed by atoms with Gasteiger partial charge in [0.15, 0.2) is 0 Å². The number of anilines is 1. The molecule has 2 rings (SSSR count). The van der Waals surface area contributed by atoms with Crippen LogP contribution in [0.15, 0.2) is 18.3 Å². The Morgan fingerprint density at radius 2 is 2.17 bits per heavy atom. The SMILES string of the molecule is CN(C)C(=O)c1cc(NCC2CCCC2)ccn1. The van der Waals surface area contributed by atoms with Crippen LogP contribution in [0.2, 0.25) is 0 Å². The number of amides is 1. The van der Waals surface area contributed by atoms with Gasteiger partial charge in [-0.15, -0.1) is 0 Å². The number of carbonyl (C=O) groups excluding carboxylic acids is 1. The van der Waals surface area contributed by atoms with Crippen LogP contribution in [0.25, 0.3) is 0 Å². The van der Waals surface area contributed by atoms with Crippen molar-refractivity contribution in [2.24, 2.45) is 5.92 Å². The van der Waals surface area contributed by atoms with E-state index in [-0.39, 0.29) is 5.91 Å². The Balaban J connectivity index is 1.96. The summed E-state index contributed by atoms with van der Waals surface area (Å²) in [7, 11) is 3.48. The third-order valence-electron chi connectivity index (χ3n) is 3.45. The molecule has 0 saturated heterocycles. The van der Waals surface area contributed by atoms with Crippen LogP contribution >= 0.6 is 0 Å². The van der Waals surface area contributed by atoms with Crippen molar-refractivity contribution in [1.82, 2.24) is 9.88 Å². The second kappa shape index (κ2) is 5.85. The molecule has 0 radical (unpaired) electrons. The average molecular weight is 247 g/mol. The van der Waals surface area contributed by atoms with Crippen molar-refractivity contribution < 1.29 is 4.79 Å². The molecule has 98 valence electrons. The molecule has 1 aromatic heterocycles. The van der Waals surface area contributed by atoms with Gasteiger partial charge in [-0.1, -0.05) is 12.8 Å². The summed E-state index contributed by atoms with van der Waals surface area (Å²) in [6.45, 7) is 1.000. The molecule has 1 heterocycles. The van der Waals surface area contributed by atoms with Gasteiger partial charge in [0.05, 0.1) is 0 Å². The Morgan fingerprint density at radius 1 is 1.44 bits per heavy atom. The molecule has 0 atom stereocenters. The molecule has 0 bridgehead atoms. The highest BCUT2D eigenvalue weighted by Gasteiger charge is 2.15. The van der Waals surface area contributed by atoms with Crippen molar-refractivity contribution in [3.05, 3.63) is 24.0 Å². The third kappa shape index (κ3) is 3.22. The zero-order valence-electron chi connectivity index (χ0n) is 11.1. The van der Waals surface area contributed by atoms with E-state index >= 15 is 0 Å². The van der Waals surface area contributed by atoms with Gasteiger partial charge < -0.3 is 10.2 Å². The fourth-order valence-electron chi connectivity index (χ4n) is 2.36. The normalized spacial score (nSPS) is 15.7. The molecule has 0 aliphatic heterocycles. The molecule has 1 aliphatic rings. The van der Waals surface area contributed by atoms with Crippen molar-refractivity contribution >= 4 is 11.6 Å². The first kappa shape index (κ1) is 12.9. The summed E-state index contributed by atoms with van der Waals surface area (Å²) in [5.41, 5.74) is 1.48. The Labute approximate surface area is 108 Å². The molecule has 1 aliphatic carbocycles. The van der Waals surface area contributed by atoms with E-state index in [4.69, 9.17) is 0 Å². The molecule has 1 N–H and O–H groups in total. The van der Waals surface area contributed by atoms with E-state index in [0.717, 1.165) is 18.2 Å². The molecular formula is C14H21N3O. The van der Waals surface area contributed by atoms with E-state index in [1.54, 1.807) is 25.2 Å². The maximum atomic E-state index is 11.8. The zero-order chi connectivity index (χ0) is 13.0. The summed E-state index contributed by atoms with van der Waals surface area (Å²) in [4.78, 5) is 17.4. The quantitative estimate of drug-likeness (QED) is 0.888. The lowest BCUT2D eigenvalue weighted by molar-refractivity contribution is 0.0822. The lowest BCUT2D eigenvalue weighted by Gasteiger charge is -2.13. The van der Waals surface area contributed by atoms with Crippen LogP contribution in [-0.2, 0) is 0 Å². The summed E-state index contributed by atoms with van der Waals surface area (Å²) < 4.78 is 0. The van der Waals surface area contributed by atoms with E-state index in [9.17, 15) is 4.79 Å². The number of nitrogens with one attached hydrogen (secondary N) is 1. The van der Waals surface area contributed by atoms with Crippen LogP contribution in [0.1, 0.15) is 36.2 Å². The fraction of sp³-hybridized carbons (Fsp3) is 0.571. The lowest BCUT2D eigenvalue weighted by Crippen LogP contribution is -2.23. The maximum absolute atomic E-state index is 11.8. The summed E-state index contributed by atoms with van der Waals surface area (Å²) in [6, 6.07) is 3.75. The van der Waals surface area contributed by atoms with Crippen LogP contribution in [0.5, 0.6) is 0 Å². The Bertz CT molecular complexity index is 411. The second-order valence-corrected chi connectivity index (χ2v) is 5.16. The van der Waals surface area contributed by atoms with E-state index in [1.807, 2.05) is 12.1 Å². The molecule has 4 heteroatoms. The first-order valence-corrected chi connectivity index (χ1v) is 6.58. The number of hydrogen-bond acceptors (Lipinski definition) is 3. The molecule has 1 aromatic rings. The molecule has 18 heavy (non-hydrogen) atoms. The van der Waals surface area contributed by atoms with Gasteiger partial charge in [-0.3, -0.25) is 9.78 Å². The predicted octanol–water partition coefficient (Wildman–Crippen LogP) is 2.39. The summed E-state index contributed by atoms with van der Waals surface area (Å²) in [5, 5.41) is 3.41. The smallest absolute Gasteiger partial charge is 0.272 e. The Kier molecular flexibility index (Phi) is 4.18. The monoisotopic (exact) mass is 247 g/mol. The predicted molar refractivity (Wildman–Crippen MR) is 72.7 cm³/mol. The lowest BCUT2D eigenvalue weighted by atomic mass is 10.1. The van der Waals surface area contributed by atoms with Gasteiger partial charge in [-0.05, 0) is 30.9 Å². The fourth-order valence-corrected chi connectivity index (χ4v) is 2.36. The highest BCUT2D eigenvalue weighted by Crippen LogP contribution is 2.25. The highest BCUT2D eigenvalue weighted by atomic mass is 16.2. The van der Waals surface area contributed by atoms with Crippen molar-refractivity contribution in [3.63, 3.8) is 0 Å². The van der Waals surface area contributed by atoms with Crippen LogP contribution in [0.4, 0.5) is 5.69 Å². The van der Waals surface area contributed by atoms with Crippen molar-refractivity contribution in [2.75, 3.05) is 26.0 Å². The third-order valence-corrected chi connectivity index (χ3v) is 3.45. The van der Waals surface area contributed by atoms with Crippen molar-refractivity contribution in [2.45, 2.75) is 25.7 Å². The molecule has 0 aromatic carbocycles. The van der Waals surface area contributed by atoms with E-state index in [1.165, 1.54) is 25.7 Å². The first-order chi connectivity index (χ1) is 8.66. The largest absolute Gasteiger partial charge is 0.385 e. The standard InChI is InChI=1S/C14H21N3O/c1-17(2)14(18)13-9-12(7-8-15-13)16-10-11-5-3-4-6-11/h7-9,11H,3-6,10H2,1-2H3,(H,15,16). The van der Waals surface area contributed by atoms with E-state index in [2.05, 4.69) is 10.3 Å². The molecule has 0 unspecified atom stereocenters. The van der Waals surface area contributed by atoms with E-state index < -0.39 is 0 Å². The van der Waals surface area contributed by atoms with Crippen LogP contribution in [0.3, 0.4) is 0 Å². The van der Waals surface area contributed by atoms with Gasteiger partial charge in [0.1, 0.15) is 5.69 Å². The minimum atomic E-state index is -0.0560. The van der Waals surface area contributed by atoms with Crippen LogP contribution < -0.4 is 5.32 Å². The number of hydrogen-bond donors (Lipinski definition) is 1. The molecule has 1 fully saturated rings. The molecular weight excluding hydrogens is 226 g/mol. The minimum Gasteiger partial charge on any atom is -0.385 e. The first-order valence-electron chi connectivity index (χ1n) is 6.58. The average Bonchev–Trinajstić information content (AvgIpc) is 2.89. The maximum Gasteiger partial charge on any atom is 0.272 e. The van der Waals surface area contributed by atoms with Gasteiger partial charge in [0.25, 0.3) is 5.91 Å². The zero-order valence-corrected chi connectivity index (χ0v) is 11.1. The Hall–Kier alpha value is -1.58. The molecule has 1 amide bonds.